The number of halogens is 1. The lowest BCUT2D eigenvalue weighted by molar-refractivity contribution is 0.0590. The van der Waals surface area contributed by atoms with Crippen LogP contribution in [0.15, 0.2) is 28.7 Å². The van der Waals surface area contributed by atoms with Crippen LogP contribution in [0.25, 0.3) is 11.5 Å². The Labute approximate surface area is 142 Å². The first-order valence-corrected chi connectivity index (χ1v) is 8.50. The Bertz CT molecular complexity index is 637. The molecule has 1 atom stereocenters. The van der Waals surface area contributed by atoms with Crippen LogP contribution in [0.1, 0.15) is 30.7 Å². The third-order valence-corrected chi connectivity index (χ3v) is 4.70. The first kappa shape index (κ1) is 16.5. The zero-order valence-corrected chi connectivity index (χ0v) is 14.5. The molecule has 2 aromatic rings. The Morgan fingerprint density at radius 3 is 2.83 bits per heavy atom. The molecule has 0 saturated carbocycles. The van der Waals surface area contributed by atoms with Crippen molar-refractivity contribution >= 4 is 11.6 Å². The lowest BCUT2D eigenvalue weighted by Crippen LogP contribution is -2.41. The van der Waals surface area contributed by atoms with Gasteiger partial charge in [-0.15, -0.1) is 0 Å². The van der Waals surface area contributed by atoms with Crippen LogP contribution >= 0.6 is 11.6 Å². The van der Waals surface area contributed by atoms with Crippen LogP contribution in [0.2, 0.25) is 5.02 Å². The maximum atomic E-state index is 5.94. The Morgan fingerprint density at radius 2 is 2.09 bits per heavy atom. The largest absolute Gasteiger partial charge is 0.441 e. The van der Waals surface area contributed by atoms with E-state index in [-0.39, 0.29) is 0 Å². The predicted octanol–water partition coefficient (Wildman–Crippen LogP) is 4.30. The number of piperidine rings is 1. The van der Waals surface area contributed by atoms with E-state index >= 15 is 0 Å². The van der Waals surface area contributed by atoms with Crippen molar-refractivity contribution in [2.75, 3.05) is 20.3 Å². The fourth-order valence-electron chi connectivity index (χ4n) is 3.13. The quantitative estimate of drug-likeness (QED) is 0.817. The SMILES string of the molecule is COC[C@@H]1CCCCN1Cc1nc(-c2ccc(Cl)cc2)oc1C. The fourth-order valence-corrected chi connectivity index (χ4v) is 3.26. The number of ether oxygens (including phenoxy) is 1. The summed E-state index contributed by atoms with van der Waals surface area (Å²) in [5.74, 6) is 1.55. The monoisotopic (exact) mass is 334 g/mol. The zero-order chi connectivity index (χ0) is 16.2. The van der Waals surface area contributed by atoms with Crippen LogP contribution in [0, 0.1) is 6.92 Å². The number of likely N-dealkylation sites (tertiary alicyclic amines) is 1. The van der Waals surface area contributed by atoms with Crippen LogP contribution < -0.4 is 0 Å². The molecule has 1 saturated heterocycles. The predicted molar refractivity (Wildman–Crippen MR) is 91.6 cm³/mol. The summed E-state index contributed by atoms with van der Waals surface area (Å²) in [7, 11) is 1.77. The molecule has 0 spiro atoms. The maximum absolute atomic E-state index is 5.94. The van der Waals surface area contributed by atoms with Gasteiger partial charge in [0.2, 0.25) is 5.89 Å². The second-order valence-corrected chi connectivity index (χ2v) is 6.54. The number of hydrogen-bond acceptors (Lipinski definition) is 4. The number of rotatable bonds is 5. The van der Waals surface area contributed by atoms with Gasteiger partial charge in [-0.25, -0.2) is 4.98 Å². The minimum absolute atomic E-state index is 0.476. The van der Waals surface area contributed by atoms with Gasteiger partial charge >= 0.3 is 0 Å². The van der Waals surface area contributed by atoms with Gasteiger partial charge in [-0.2, -0.15) is 0 Å². The molecule has 1 aliphatic rings. The van der Waals surface area contributed by atoms with Crippen LogP contribution in [-0.2, 0) is 11.3 Å². The molecule has 2 heterocycles. The summed E-state index contributed by atoms with van der Waals surface area (Å²) in [6.07, 6.45) is 3.70. The molecular weight excluding hydrogens is 312 g/mol. The molecule has 1 aromatic carbocycles. The molecule has 0 amide bonds. The van der Waals surface area contributed by atoms with E-state index in [1.165, 1.54) is 19.3 Å². The van der Waals surface area contributed by atoms with E-state index in [1.807, 2.05) is 31.2 Å². The molecule has 124 valence electrons. The molecule has 4 nitrogen and oxygen atoms in total. The first-order valence-electron chi connectivity index (χ1n) is 8.12. The molecular formula is C18H23ClN2O2. The van der Waals surface area contributed by atoms with Gasteiger partial charge in [0, 0.05) is 30.3 Å². The van der Waals surface area contributed by atoms with Crippen LogP contribution in [0.5, 0.6) is 0 Å². The van der Waals surface area contributed by atoms with Crippen molar-refractivity contribution in [3.05, 3.63) is 40.7 Å². The minimum atomic E-state index is 0.476. The van der Waals surface area contributed by atoms with Crippen molar-refractivity contribution in [1.82, 2.24) is 9.88 Å². The van der Waals surface area contributed by atoms with Crippen LogP contribution in [0.4, 0.5) is 0 Å². The molecule has 0 unspecified atom stereocenters. The minimum Gasteiger partial charge on any atom is -0.441 e. The number of methoxy groups -OCH3 is 1. The standard InChI is InChI=1S/C18H23ClN2O2/c1-13-17(11-21-10-4-3-5-16(21)12-22-2)20-18(23-13)14-6-8-15(19)9-7-14/h6-9,16H,3-5,10-12H2,1-2H3/t16-/m0/s1. The average molecular weight is 335 g/mol. The molecule has 5 heteroatoms. The Morgan fingerprint density at radius 1 is 1.30 bits per heavy atom. The van der Waals surface area contributed by atoms with Gasteiger partial charge in [0.1, 0.15) is 5.76 Å². The molecule has 23 heavy (non-hydrogen) atoms. The second kappa shape index (κ2) is 7.47. The van der Waals surface area contributed by atoms with Crippen molar-refractivity contribution in [2.24, 2.45) is 0 Å². The van der Waals surface area contributed by atoms with E-state index in [4.69, 9.17) is 25.7 Å². The van der Waals surface area contributed by atoms with Gasteiger partial charge in [0.15, 0.2) is 0 Å². The normalized spacial score (nSPS) is 19.2. The highest BCUT2D eigenvalue weighted by Crippen LogP contribution is 2.26. The van der Waals surface area contributed by atoms with E-state index < -0.39 is 0 Å². The highest BCUT2D eigenvalue weighted by Gasteiger charge is 2.24. The van der Waals surface area contributed by atoms with Gasteiger partial charge in [-0.3, -0.25) is 4.90 Å². The summed E-state index contributed by atoms with van der Waals surface area (Å²) in [5.41, 5.74) is 1.97. The van der Waals surface area contributed by atoms with Crippen molar-refractivity contribution in [2.45, 2.75) is 38.8 Å². The summed E-state index contributed by atoms with van der Waals surface area (Å²) in [4.78, 5) is 7.17. The van der Waals surface area contributed by atoms with E-state index in [0.717, 1.165) is 36.7 Å². The van der Waals surface area contributed by atoms with E-state index in [1.54, 1.807) is 7.11 Å². The Balaban J connectivity index is 1.76. The molecule has 0 aliphatic carbocycles. The maximum Gasteiger partial charge on any atom is 0.226 e. The molecule has 1 fully saturated rings. The number of nitrogens with zero attached hydrogens (tertiary/aromatic N) is 2. The van der Waals surface area contributed by atoms with Gasteiger partial charge < -0.3 is 9.15 Å². The Kier molecular flexibility index (Phi) is 5.36. The summed E-state index contributed by atoms with van der Waals surface area (Å²) in [6, 6.07) is 8.06. The third kappa shape index (κ3) is 3.94. The van der Waals surface area contributed by atoms with Crippen molar-refractivity contribution < 1.29 is 9.15 Å². The smallest absolute Gasteiger partial charge is 0.226 e. The lowest BCUT2D eigenvalue weighted by Gasteiger charge is -2.34. The van der Waals surface area contributed by atoms with Gasteiger partial charge in [0.25, 0.3) is 0 Å². The fraction of sp³-hybridized carbons (Fsp3) is 0.500. The Hall–Kier alpha value is -1.36. The number of aryl methyl sites for hydroxylation is 1. The van der Waals surface area contributed by atoms with E-state index in [9.17, 15) is 0 Å². The number of oxazole rings is 1. The van der Waals surface area contributed by atoms with Crippen LogP contribution in [0.3, 0.4) is 0 Å². The molecule has 3 rings (SSSR count). The van der Waals surface area contributed by atoms with Crippen LogP contribution in [-0.4, -0.2) is 36.2 Å². The average Bonchev–Trinajstić information content (AvgIpc) is 2.91. The first-order chi connectivity index (χ1) is 11.2. The molecule has 1 aliphatic heterocycles. The van der Waals surface area contributed by atoms with Gasteiger partial charge in [-0.05, 0) is 50.6 Å². The molecule has 0 bridgehead atoms. The van der Waals surface area contributed by atoms with Gasteiger partial charge in [0.05, 0.1) is 12.3 Å². The topological polar surface area (TPSA) is 38.5 Å². The highest BCUT2D eigenvalue weighted by atomic mass is 35.5. The summed E-state index contributed by atoms with van der Waals surface area (Å²) < 4.78 is 11.2. The summed E-state index contributed by atoms with van der Waals surface area (Å²) in [6.45, 7) is 4.67. The second-order valence-electron chi connectivity index (χ2n) is 6.10. The lowest BCUT2D eigenvalue weighted by atomic mass is 10.0. The van der Waals surface area contributed by atoms with Crippen molar-refractivity contribution in [3.63, 3.8) is 0 Å². The summed E-state index contributed by atoms with van der Waals surface area (Å²) >= 11 is 5.94. The number of aromatic nitrogens is 1. The summed E-state index contributed by atoms with van der Waals surface area (Å²) in [5, 5.41) is 0.716. The van der Waals surface area contributed by atoms with Crippen molar-refractivity contribution in [3.8, 4) is 11.5 Å². The van der Waals surface area contributed by atoms with E-state index in [2.05, 4.69) is 4.90 Å². The van der Waals surface area contributed by atoms with E-state index in [0.29, 0.717) is 17.0 Å². The molecule has 0 N–H and O–H groups in total. The highest BCUT2D eigenvalue weighted by molar-refractivity contribution is 6.30. The number of hydrogen-bond donors (Lipinski definition) is 0. The van der Waals surface area contributed by atoms with Gasteiger partial charge in [-0.1, -0.05) is 18.0 Å². The third-order valence-electron chi connectivity index (χ3n) is 4.44. The van der Waals surface area contributed by atoms with Crippen molar-refractivity contribution in [1.29, 1.82) is 0 Å². The zero-order valence-electron chi connectivity index (χ0n) is 13.7. The number of benzene rings is 1. The molecule has 1 aromatic heterocycles. The molecule has 0 radical (unpaired) electrons.